The van der Waals surface area contributed by atoms with Crippen LogP contribution in [0.25, 0.3) is 16.9 Å². The largest absolute Gasteiger partial charge is 0.462 e. The second kappa shape index (κ2) is 6.51. The summed E-state index contributed by atoms with van der Waals surface area (Å²) in [5, 5.41) is 4.99. The molecule has 0 bridgehead atoms. The Balaban J connectivity index is 2.29. The minimum absolute atomic E-state index is 0.131. The molecule has 0 spiro atoms. The fraction of sp³-hybridized carbons (Fsp3) is 0.333. The van der Waals surface area contributed by atoms with E-state index in [0.717, 1.165) is 0 Å². The molecule has 130 valence electrons. The van der Waals surface area contributed by atoms with Crippen LogP contribution in [0.2, 0.25) is 0 Å². The molecule has 3 aromatic rings. The van der Waals surface area contributed by atoms with Crippen LogP contribution in [0.1, 0.15) is 35.6 Å². The number of hydrogen-bond acceptors (Lipinski definition) is 5. The van der Waals surface area contributed by atoms with Crippen LogP contribution in [0.4, 0.5) is 0 Å². The fourth-order valence-electron chi connectivity index (χ4n) is 2.94. The van der Waals surface area contributed by atoms with Crippen molar-refractivity contribution in [3.05, 3.63) is 51.6 Å². The highest BCUT2D eigenvalue weighted by atomic mass is 16.5. The van der Waals surface area contributed by atoms with E-state index in [1.54, 1.807) is 42.2 Å². The smallest absolute Gasteiger partial charge is 0.341 e. The van der Waals surface area contributed by atoms with Crippen LogP contribution in [-0.4, -0.2) is 31.9 Å². The summed E-state index contributed by atoms with van der Waals surface area (Å²) in [6.07, 6.45) is 0. The molecule has 2 heterocycles. The molecule has 0 saturated carbocycles. The van der Waals surface area contributed by atoms with Crippen molar-refractivity contribution in [2.24, 2.45) is 0 Å². The van der Waals surface area contributed by atoms with Gasteiger partial charge in [-0.15, -0.1) is 0 Å². The molecular weight excluding hydrogens is 320 g/mol. The van der Waals surface area contributed by atoms with Gasteiger partial charge in [0.25, 0.3) is 5.56 Å². The predicted octanol–water partition coefficient (Wildman–Crippen LogP) is 2.40. The summed E-state index contributed by atoms with van der Waals surface area (Å²) in [6.45, 7) is 7.88. The third kappa shape index (κ3) is 2.71. The molecule has 0 saturated heterocycles. The highest BCUT2D eigenvalue weighted by Crippen LogP contribution is 2.19. The van der Waals surface area contributed by atoms with Crippen molar-refractivity contribution >= 4 is 16.9 Å². The maximum absolute atomic E-state index is 12.8. The second-order valence-corrected chi connectivity index (χ2v) is 5.66. The fourth-order valence-corrected chi connectivity index (χ4v) is 2.94. The first-order valence-electron chi connectivity index (χ1n) is 8.22. The number of nitrogens with zero attached hydrogens (tertiary/aromatic N) is 4. The number of aromatic nitrogens is 4. The van der Waals surface area contributed by atoms with E-state index in [1.165, 1.54) is 0 Å². The van der Waals surface area contributed by atoms with Gasteiger partial charge in [0.1, 0.15) is 5.56 Å². The van der Waals surface area contributed by atoms with E-state index in [-0.39, 0.29) is 12.2 Å². The van der Waals surface area contributed by atoms with Crippen LogP contribution >= 0.6 is 0 Å². The number of carbonyl (C=O) groups is 1. The lowest BCUT2D eigenvalue weighted by molar-refractivity contribution is 0.0524. The van der Waals surface area contributed by atoms with Crippen LogP contribution < -0.4 is 5.56 Å². The zero-order chi connectivity index (χ0) is 18.1. The molecule has 3 rings (SSSR count). The van der Waals surface area contributed by atoms with Gasteiger partial charge >= 0.3 is 5.97 Å². The van der Waals surface area contributed by atoms with Gasteiger partial charge in [0.05, 0.1) is 28.9 Å². The van der Waals surface area contributed by atoms with Gasteiger partial charge in [0, 0.05) is 6.54 Å². The summed E-state index contributed by atoms with van der Waals surface area (Å²) in [7, 11) is 0. The van der Waals surface area contributed by atoms with E-state index in [0.29, 0.717) is 40.3 Å². The van der Waals surface area contributed by atoms with Gasteiger partial charge in [0.2, 0.25) is 5.95 Å². The number of benzene rings is 1. The Morgan fingerprint density at radius 3 is 2.60 bits per heavy atom. The molecular formula is C18H20N4O3. The normalized spacial score (nSPS) is 11.0. The lowest BCUT2D eigenvalue weighted by Gasteiger charge is -2.12. The summed E-state index contributed by atoms with van der Waals surface area (Å²) in [4.78, 5) is 29.6. The topological polar surface area (TPSA) is 79.0 Å². The average Bonchev–Trinajstić information content (AvgIpc) is 2.89. The maximum Gasteiger partial charge on any atom is 0.341 e. The first kappa shape index (κ1) is 16.9. The van der Waals surface area contributed by atoms with Crippen LogP contribution in [0.5, 0.6) is 0 Å². The van der Waals surface area contributed by atoms with Crippen molar-refractivity contribution < 1.29 is 9.53 Å². The van der Waals surface area contributed by atoms with Crippen LogP contribution in [0.15, 0.2) is 29.1 Å². The van der Waals surface area contributed by atoms with Crippen molar-refractivity contribution in [3.63, 3.8) is 0 Å². The Hall–Kier alpha value is -2.96. The number of carbonyl (C=O) groups excluding carboxylic acids is 1. The van der Waals surface area contributed by atoms with E-state index in [2.05, 4.69) is 10.1 Å². The van der Waals surface area contributed by atoms with E-state index >= 15 is 0 Å². The standard InChI is InChI=1S/C18H20N4O3/c1-5-21-16(23)13-9-7-8-10-14(13)19-18(21)22-12(4)15(11(3)20-22)17(24)25-6-2/h7-10H,5-6H2,1-4H3. The van der Waals surface area contributed by atoms with Crippen LogP contribution in [-0.2, 0) is 11.3 Å². The summed E-state index contributed by atoms with van der Waals surface area (Å²) in [5.74, 6) is -0.0303. The molecule has 1 aromatic carbocycles. The molecule has 0 amide bonds. The van der Waals surface area contributed by atoms with Crippen molar-refractivity contribution in [1.29, 1.82) is 0 Å². The number of para-hydroxylation sites is 1. The minimum Gasteiger partial charge on any atom is -0.462 e. The molecule has 25 heavy (non-hydrogen) atoms. The van der Waals surface area contributed by atoms with Gasteiger partial charge in [-0.1, -0.05) is 12.1 Å². The van der Waals surface area contributed by atoms with Crippen molar-refractivity contribution in [1.82, 2.24) is 19.3 Å². The molecule has 0 unspecified atom stereocenters. The molecule has 7 heteroatoms. The van der Waals surface area contributed by atoms with Gasteiger partial charge in [-0.05, 0) is 39.8 Å². The van der Waals surface area contributed by atoms with Crippen molar-refractivity contribution in [3.8, 4) is 5.95 Å². The summed E-state index contributed by atoms with van der Waals surface area (Å²) >= 11 is 0. The molecule has 0 fully saturated rings. The third-order valence-corrected chi connectivity index (χ3v) is 4.12. The van der Waals surface area contributed by atoms with Crippen LogP contribution in [0, 0.1) is 13.8 Å². The lowest BCUT2D eigenvalue weighted by Crippen LogP contribution is -2.26. The quantitative estimate of drug-likeness (QED) is 0.681. The zero-order valence-corrected chi connectivity index (χ0v) is 14.7. The molecule has 7 nitrogen and oxygen atoms in total. The number of esters is 1. The van der Waals surface area contributed by atoms with Crippen molar-refractivity contribution in [2.45, 2.75) is 34.2 Å². The van der Waals surface area contributed by atoms with Gasteiger partial charge < -0.3 is 4.74 Å². The number of aryl methyl sites for hydroxylation is 1. The molecule has 0 aliphatic carbocycles. The Morgan fingerprint density at radius 2 is 1.92 bits per heavy atom. The van der Waals surface area contributed by atoms with E-state index in [4.69, 9.17) is 4.74 Å². The Kier molecular flexibility index (Phi) is 4.39. The molecule has 0 atom stereocenters. The number of fused-ring (bicyclic) bond motifs is 1. The summed E-state index contributed by atoms with van der Waals surface area (Å²) < 4.78 is 8.20. The number of ether oxygens (including phenoxy) is 1. The predicted molar refractivity (Wildman–Crippen MR) is 94.2 cm³/mol. The first-order valence-corrected chi connectivity index (χ1v) is 8.22. The molecule has 2 aromatic heterocycles. The highest BCUT2D eigenvalue weighted by molar-refractivity contribution is 5.92. The minimum atomic E-state index is -0.421. The highest BCUT2D eigenvalue weighted by Gasteiger charge is 2.23. The SMILES string of the molecule is CCOC(=O)c1c(C)nn(-c2nc3ccccc3c(=O)n2CC)c1C. The van der Waals surface area contributed by atoms with Crippen LogP contribution in [0.3, 0.4) is 0 Å². The molecule has 0 aliphatic heterocycles. The van der Waals surface area contributed by atoms with Gasteiger partial charge in [-0.2, -0.15) is 5.10 Å². The maximum atomic E-state index is 12.8. The number of rotatable bonds is 4. The first-order chi connectivity index (χ1) is 12.0. The van der Waals surface area contributed by atoms with E-state index in [1.807, 2.05) is 19.1 Å². The van der Waals surface area contributed by atoms with E-state index in [9.17, 15) is 9.59 Å². The van der Waals surface area contributed by atoms with Gasteiger partial charge in [-0.25, -0.2) is 14.5 Å². The summed E-state index contributed by atoms with van der Waals surface area (Å²) in [6, 6.07) is 7.19. The average molecular weight is 340 g/mol. The molecule has 0 aliphatic rings. The molecule has 0 radical (unpaired) electrons. The third-order valence-electron chi connectivity index (χ3n) is 4.12. The van der Waals surface area contributed by atoms with Gasteiger partial charge in [0.15, 0.2) is 0 Å². The van der Waals surface area contributed by atoms with Crippen molar-refractivity contribution in [2.75, 3.05) is 6.61 Å². The zero-order valence-electron chi connectivity index (χ0n) is 14.7. The Bertz CT molecular complexity index is 1020. The monoisotopic (exact) mass is 340 g/mol. The lowest BCUT2D eigenvalue weighted by atomic mass is 10.2. The summed E-state index contributed by atoms with van der Waals surface area (Å²) in [5.41, 5.74) is 2.01. The van der Waals surface area contributed by atoms with E-state index < -0.39 is 5.97 Å². The Morgan fingerprint density at radius 1 is 1.20 bits per heavy atom. The Labute approximate surface area is 144 Å². The molecule has 0 N–H and O–H groups in total. The van der Waals surface area contributed by atoms with Gasteiger partial charge in [-0.3, -0.25) is 9.36 Å². The second-order valence-electron chi connectivity index (χ2n) is 5.66. The number of hydrogen-bond donors (Lipinski definition) is 0.